The van der Waals surface area contributed by atoms with E-state index in [0.717, 1.165) is 38.8 Å². The van der Waals surface area contributed by atoms with E-state index in [1.54, 1.807) is 6.20 Å². The van der Waals surface area contributed by atoms with Gasteiger partial charge >= 0.3 is 0 Å². The van der Waals surface area contributed by atoms with Crippen LogP contribution in [0.15, 0.2) is 22.7 Å². The SMILES string of the molecule is O=C(NC1CC1)C1CCN(c2nc3ncccc3o2)CC1. The third-order valence-electron chi connectivity index (χ3n) is 4.21. The topological polar surface area (TPSA) is 71.3 Å². The number of carbonyl (C=O) groups is 1. The maximum absolute atomic E-state index is 12.1. The molecule has 1 N–H and O–H groups in total. The minimum Gasteiger partial charge on any atom is -0.422 e. The van der Waals surface area contributed by atoms with Crippen molar-refractivity contribution in [2.24, 2.45) is 5.92 Å². The maximum Gasteiger partial charge on any atom is 0.299 e. The van der Waals surface area contributed by atoms with E-state index in [4.69, 9.17) is 4.42 Å². The van der Waals surface area contributed by atoms with Crippen LogP contribution in [0.2, 0.25) is 0 Å². The number of nitrogens with one attached hydrogen (secondary N) is 1. The molecule has 0 radical (unpaired) electrons. The molecule has 0 spiro atoms. The molecule has 4 rings (SSSR count). The minimum atomic E-state index is 0.129. The lowest BCUT2D eigenvalue weighted by Gasteiger charge is -2.30. The summed E-state index contributed by atoms with van der Waals surface area (Å²) < 4.78 is 5.73. The van der Waals surface area contributed by atoms with Crippen molar-refractivity contribution >= 4 is 23.2 Å². The van der Waals surface area contributed by atoms with Gasteiger partial charge in [0.1, 0.15) is 0 Å². The Hall–Kier alpha value is -2.11. The molecule has 1 aliphatic heterocycles. The standard InChI is InChI=1S/C15H18N4O2/c20-14(17-11-3-4-11)10-5-8-19(9-6-10)15-18-13-12(21-15)2-1-7-16-13/h1-2,7,10-11H,3-6,8-9H2,(H,17,20). The summed E-state index contributed by atoms with van der Waals surface area (Å²) in [6.45, 7) is 1.60. The third-order valence-corrected chi connectivity index (χ3v) is 4.21. The number of hydrogen-bond donors (Lipinski definition) is 1. The number of piperidine rings is 1. The van der Waals surface area contributed by atoms with Crippen molar-refractivity contribution in [3.8, 4) is 0 Å². The summed E-state index contributed by atoms with van der Waals surface area (Å²) in [5, 5.41) is 3.09. The zero-order valence-corrected chi connectivity index (χ0v) is 11.8. The summed E-state index contributed by atoms with van der Waals surface area (Å²) in [6.07, 6.45) is 5.69. The zero-order chi connectivity index (χ0) is 14.2. The Labute approximate surface area is 122 Å². The summed E-state index contributed by atoms with van der Waals surface area (Å²) in [7, 11) is 0. The van der Waals surface area contributed by atoms with Crippen LogP contribution in [0.4, 0.5) is 6.01 Å². The molecule has 1 saturated heterocycles. The fourth-order valence-electron chi connectivity index (χ4n) is 2.77. The molecule has 0 unspecified atom stereocenters. The number of nitrogens with zero attached hydrogens (tertiary/aromatic N) is 3. The molecule has 2 aromatic rings. The Morgan fingerprint density at radius 3 is 2.81 bits per heavy atom. The van der Waals surface area contributed by atoms with Gasteiger partial charge in [-0.25, -0.2) is 4.98 Å². The van der Waals surface area contributed by atoms with E-state index in [9.17, 15) is 4.79 Å². The maximum atomic E-state index is 12.1. The number of fused-ring (bicyclic) bond motifs is 1. The molecule has 2 aromatic heterocycles. The first kappa shape index (κ1) is 12.6. The summed E-state index contributed by atoms with van der Waals surface area (Å²) in [5.74, 6) is 0.348. The quantitative estimate of drug-likeness (QED) is 0.930. The van der Waals surface area contributed by atoms with Crippen molar-refractivity contribution in [2.45, 2.75) is 31.7 Å². The fourth-order valence-corrected chi connectivity index (χ4v) is 2.77. The molecule has 6 nitrogen and oxygen atoms in total. The molecule has 0 bridgehead atoms. The first-order valence-electron chi connectivity index (χ1n) is 7.56. The van der Waals surface area contributed by atoms with Crippen molar-refractivity contribution in [1.82, 2.24) is 15.3 Å². The molecule has 2 aliphatic rings. The van der Waals surface area contributed by atoms with Gasteiger partial charge in [0.15, 0.2) is 5.58 Å². The normalized spacial score (nSPS) is 19.9. The Balaban J connectivity index is 1.41. The third kappa shape index (κ3) is 2.57. The van der Waals surface area contributed by atoms with Gasteiger partial charge in [0.05, 0.1) is 0 Å². The number of aromatic nitrogens is 2. The number of hydrogen-bond acceptors (Lipinski definition) is 5. The van der Waals surface area contributed by atoms with Crippen molar-refractivity contribution in [2.75, 3.05) is 18.0 Å². The van der Waals surface area contributed by atoms with Gasteiger partial charge in [0.2, 0.25) is 11.6 Å². The van der Waals surface area contributed by atoms with E-state index in [2.05, 4.69) is 20.2 Å². The number of pyridine rings is 1. The molecule has 110 valence electrons. The minimum absolute atomic E-state index is 0.129. The van der Waals surface area contributed by atoms with E-state index < -0.39 is 0 Å². The summed E-state index contributed by atoms with van der Waals surface area (Å²) in [4.78, 5) is 22.7. The molecule has 0 atom stereocenters. The summed E-state index contributed by atoms with van der Waals surface area (Å²) in [5.41, 5.74) is 1.35. The predicted octanol–water partition coefficient (Wildman–Crippen LogP) is 1.72. The molecule has 21 heavy (non-hydrogen) atoms. The Morgan fingerprint density at radius 1 is 1.29 bits per heavy atom. The second-order valence-electron chi connectivity index (χ2n) is 5.87. The lowest BCUT2D eigenvalue weighted by molar-refractivity contribution is -0.125. The Bertz CT molecular complexity index is 623. The van der Waals surface area contributed by atoms with E-state index in [1.807, 2.05) is 12.1 Å². The first-order chi connectivity index (χ1) is 10.3. The van der Waals surface area contributed by atoms with E-state index in [-0.39, 0.29) is 11.8 Å². The van der Waals surface area contributed by atoms with Crippen LogP contribution in [0, 0.1) is 5.92 Å². The van der Waals surface area contributed by atoms with Gasteiger partial charge in [-0.2, -0.15) is 4.98 Å². The van der Waals surface area contributed by atoms with E-state index in [1.165, 1.54) is 0 Å². The van der Waals surface area contributed by atoms with Gasteiger partial charge in [-0.3, -0.25) is 4.79 Å². The molecule has 1 saturated carbocycles. The largest absolute Gasteiger partial charge is 0.422 e. The van der Waals surface area contributed by atoms with Crippen LogP contribution in [0.3, 0.4) is 0 Å². The highest BCUT2D eigenvalue weighted by Crippen LogP contribution is 2.26. The Kier molecular flexibility index (Phi) is 3.02. The molecule has 1 aliphatic carbocycles. The number of oxazole rings is 1. The van der Waals surface area contributed by atoms with Crippen molar-refractivity contribution in [3.05, 3.63) is 18.3 Å². The van der Waals surface area contributed by atoms with Crippen LogP contribution in [0.1, 0.15) is 25.7 Å². The Morgan fingerprint density at radius 2 is 2.10 bits per heavy atom. The van der Waals surface area contributed by atoms with Crippen LogP contribution in [-0.2, 0) is 4.79 Å². The molecule has 6 heteroatoms. The van der Waals surface area contributed by atoms with Gasteiger partial charge < -0.3 is 14.6 Å². The highest BCUT2D eigenvalue weighted by molar-refractivity contribution is 5.79. The molecular formula is C15H18N4O2. The molecule has 3 heterocycles. The second-order valence-corrected chi connectivity index (χ2v) is 5.87. The average Bonchev–Trinajstić information content (AvgIpc) is 3.22. The van der Waals surface area contributed by atoms with Crippen molar-refractivity contribution < 1.29 is 9.21 Å². The molecule has 2 fully saturated rings. The van der Waals surface area contributed by atoms with Crippen LogP contribution < -0.4 is 10.2 Å². The van der Waals surface area contributed by atoms with Crippen LogP contribution >= 0.6 is 0 Å². The molecule has 0 aromatic carbocycles. The predicted molar refractivity (Wildman–Crippen MR) is 77.9 cm³/mol. The monoisotopic (exact) mass is 286 g/mol. The van der Waals surface area contributed by atoms with Crippen molar-refractivity contribution in [1.29, 1.82) is 0 Å². The lowest BCUT2D eigenvalue weighted by Crippen LogP contribution is -2.41. The average molecular weight is 286 g/mol. The van der Waals surface area contributed by atoms with Gasteiger partial charge in [-0.1, -0.05) is 0 Å². The molecule has 1 amide bonds. The molecular weight excluding hydrogens is 268 g/mol. The van der Waals surface area contributed by atoms with E-state index >= 15 is 0 Å². The van der Waals surface area contributed by atoms with Gasteiger partial charge in [-0.05, 0) is 37.8 Å². The number of carbonyl (C=O) groups excluding carboxylic acids is 1. The lowest BCUT2D eigenvalue weighted by atomic mass is 9.96. The van der Waals surface area contributed by atoms with Gasteiger partial charge in [0.25, 0.3) is 6.01 Å². The zero-order valence-electron chi connectivity index (χ0n) is 11.8. The van der Waals surface area contributed by atoms with Crippen molar-refractivity contribution in [3.63, 3.8) is 0 Å². The second kappa shape index (κ2) is 5.02. The van der Waals surface area contributed by atoms with E-state index in [0.29, 0.717) is 23.3 Å². The van der Waals surface area contributed by atoms with Gasteiger partial charge in [-0.15, -0.1) is 0 Å². The fraction of sp³-hybridized carbons (Fsp3) is 0.533. The van der Waals surface area contributed by atoms with Gasteiger partial charge in [0, 0.05) is 31.2 Å². The number of anilines is 1. The highest BCUT2D eigenvalue weighted by atomic mass is 16.4. The van der Waals surface area contributed by atoms with Crippen LogP contribution in [0.25, 0.3) is 11.2 Å². The highest BCUT2D eigenvalue weighted by Gasteiger charge is 2.30. The first-order valence-corrected chi connectivity index (χ1v) is 7.56. The van der Waals surface area contributed by atoms with Crippen LogP contribution in [-0.4, -0.2) is 35.0 Å². The summed E-state index contributed by atoms with van der Waals surface area (Å²) >= 11 is 0. The number of rotatable bonds is 3. The smallest absolute Gasteiger partial charge is 0.299 e. The number of amides is 1. The van der Waals surface area contributed by atoms with Crippen LogP contribution in [0.5, 0.6) is 0 Å². The summed E-state index contributed by atoms with van der Waals surface area (Å²) in [6, 6.07) is 4.77.